The molecule has 0 aliphatic carbocycles. The molecule has 3 N–H and O–H groups in total. The first-order valence-electron chi connectivity index (χ1n) is 12.8. The fourth-order valence-corrected chi connectivity index (χ4v) is 4.43. The number of benzene rings is 2. The number of anilines is 5. The van der Waals surface area contributed by atoms with Gasteiger partial charge in [-0.1, -0.05) is 12.1 Å². The Bertz CT molecular complexity index is 1730. The van der Waals surface area contributed by atoms with Crippen LogP contribution in [0.4, 0.5) is 46.8 Å². The van der Waals surface area contributed by atoms with Crippen LogP contribution in [0.5, 0.6) is 0 Å². The first-order chi connectivity index (χ1) is 20.4. The number of rotatable bonds is 7. The number of aryl methyl sites for hydroxylation is 2. The smallest absolute Gasteiger partial charge is 0.416 e. The average molecular weight is 592 g/mol. The Labute approximate surface area is 243 Å². The SMILES string of the molecule is Cc1ccc(Nc2ncc3c(n2)N(CC(=O)O)C(=O)N(c2cc(NC(=O)c4cccc(C(F)(F)F)c4)ccc2C)C3)cn1. The van der Waals surface area contributed by atoms with Crippen molar-refractivity contribution in [1.82, 2.24) is 15.0 Å². The van der Waals surface area contributed by atoms with E-state index in [1.165, 1.54) is 23.2 Å². The van der Waals surface area contributed by atoms with Crippen molar-refractivity contribution >= 4 is 46.7 Å². The van der Waals surface area contributed by atoms with Gasteiger partial charge in [-0.2, -0.15) is 18.2 Å². The molecule has 11 nitrogen and oxygen atoms in total. The Morgan fingerprint density at radius 1 is 1.00 bits per heavy atom. The predicted molar refractivity (Wildman–Crippen MR) is 151 cm³/mol. The number of fused-ring (bicyclic) bond motifs is 1. The highest BCUT2D eigenvalue weighted by Crippen LogP contribution is 2.34. The number of aromatic nitrogens is 3. The summed E-state index contributed by atoms with van der Waals surface area (Å²) < 4.78 is 39.4. The van der Waals surface area contributed by atoms with Gasteiger partial charge in [-0.3, -0.25) is 24.4 Å². The maximum Gasteiger partial charge on any atom is 0.416 e. The molecule has 2 aromatic heterocycles. The molecule has 220 valence electrons. The van der Waals surface area contributed by atoms with E-state index in [2.05, 4.69) is 25.6 Å². The molecular formula is C29H24F3N7O4. The Morgan fingerprint density at radius 2 is 1.77 bits per heavy atom. The Kier molecular flexibility index (Phi) is 7.68. The minimum atomic E-state index is -4.61. The van der Waals surface area contributed by atoms with Crippen molar-refractivity contribution in [1.29, 1.82) is 0 Å². The highest BCUT2D eigenvalue weighted by atomic mass is 19.4. The second-order valence-corrected chi connectivity index (χ2v) is 9.74. The molecular weight excluding hydrogens is 567 g/mol. The molecule has 5 rings (SSSR count). The van der Waals surface area contributed by atoms with Crippen LogP contribution in [0.2, 0.25) is 0 Å². The summed E-state index contributed by atoms with van der Waals surface area (Å²) in [6.07, 6.45) is -1.55. The van der Waals surface area contributed by atoms with Crippen LogP contribution in [-0.2, 0) is 17.5 Å². The number of nitrogens with one attached hydrogen (secondary N) is 2. The minimum absolute atomic E-state index is 0.0114. The second-order valence-electron chi connectivity index (χ2n) is 9.74. The highest BCUT2D eigenvalue weighted by molar-refractivity contribution is 6.09. The van der Waals surface area contributed by atoms with Crippen molar-refractivity contribution in [2.75, 3.05) is 27.0 Å². The van der Waals surface area contributed by atoms with E-state index in [9.17, 15) is 32.7 Å². The number of aliphatic carboxylic acids is 1. The van der Waals surface area contributed by atoms with Gasteiger partial charge in [0.05, 0.1) is 29.7 Å². The molecule has 43 heavy (non-hydrogen) atoms. The van der Waals surface area contributed by atoms with Gasteiger partial charge in [0.15, 0.2) is 0 Å². The van der Waals surface area contributed by atoms with E-state index in [1.807, 2.05) is 6.92 Å². The summed E-state index contributed by atoms with van der Waals surface area (Å²) >= 11 is 0. The maximum absolute atomic E-state index is 13.7. The van der Waals surface area contributed by atoms with Crippen molar-refractivity contribution in [3.05, 3.63) is 94.9 Å². The summed E-state index contributed by atoms with van der Waals surface area (Å²) in [5, 5.41) is 15.1. The van der Waals surface area contributed by atoms with Crippen LogP contribution in [0.1, 0.15) is 32.7 Å². The van der Waals surface area contributed by atoms with Gasteiger partial charge >= 0.3 is 18.2 Å². The quantitative estimate of drug-likeness (QED) is 0.255. The lowest BCUT2D eigenvalue weighted by Gasteiger charge is -2.36. The summed E-state index contributed by atoms with van der Waals surface area (Å²) in [6.45, 7) is 2.86. The normalized spacial score (nSPS) is 13.0. The molecule has 2 aromatic carbocycles. The lowest BCUT2D eigenvalue weighted by Crippen LogP contribution is -2.50. The molecule has 0 radical (unpaired) electrons. The van der Waals surface area contributed by atoms with E-state index in [0.29, 0.717) is 22.5 Å². The molecule has 0 saturated carbocycles. The van der Waals surface area contributed by atoms with Crippen LogP contribution in [0.3, 0.4) is 0 Å². The van der Waals surface area contributed by atoms with Crippen LogP contribution in [0.25, 0.3) is 0 Å². The molecule has 3 heterocycles. The predicted octanol–water partition coefficient (Wildman–Crippen LogP) is 5.53. The molecule has 0 unspecified atom stereocenters. The van der Waals surface area contributed by atoms with Crippen LogP contribution in [-0.4, -0.2) is 44.5 Å². The van der Waals surface area contributed by atoms with Crippen molar-refractivity contribution in [2.24, 2.45) is 0 Å². The van der Waals surface area contributed by atoms with Crippen molar-refractivity contribution < 1.29 is 32.7 Å². The van der Waals surface area contributed by atoms with Gasteiger partial charge in [0.1, 0.15) is 12.4 Å². The van der Waals surface area contributed by atoms with Crippen LogP contribution in [0.15, 0.2) is 67.0 Å². The van der Waals surface area contributed by atoms with Gasteiger partial charge < -0.3 is 15.7 Å². The number of carbonyl (C=O) groups excluding carboxylic acids is 2. The minimum Gasteiger partial charge on any atom is -0.480 e. The summed E-state index contributed by atoms with van der Waals surface area (Å²) in [6, 6.07) is 11.6. The number of halogens is 3. The Hall–Kier alpha value is -5.53. The van der Waals surface area contributed by atoms with Crippen molar-refractivity contribution in [2.45, 2.75) is 26.6 Å². The first-order valence-corrected chi connectivity index (χ1v) is 12.8. The summed E-state index contributed by atoms with van der Waals surface area (Å²) in [5.41, 5.74) is 1.90. The number of carboxylic acid groups (broad SMARTS) is 1. The van der Waals surface area contributed by atoms with Crippen LogP contribution in [0, 0.1) is 13.8 Å². The summed E-state index contributed by atoms with van der Waals surface area (Å²) in [5.74, 6) is -1.79. The zero-order valence-corrected chi connectivity index (χ0v) is 22.8. The number of carboxylic acids is 1. The fourth-order valence-electron chi connectivity index (χ4n) is 4.43. The van der Waals surface area contributed by atoms with Crippen molar-refractivity contribution in [3.8, 4) is 0 Å². The molecule has 0 saturated heterocycles. The lowest BCUT2D eigenvalue weighted by molar-refractivity contribution is -0.137. The van der Waals surface area contributed by atoms with Gasteiger partial charge in [0, 0.05) is 28.7 Å². The third-order valence-electron chi connectivity index (χ3n) is 6.56. The standard InChI is InChI=1S/C29H24F3N7O4/c1-16-6-8-21(35-26(42)18-4-3-5-20(10-18)29(30,31)32)11-23(16)38-14-19-12-34-27(36-22-9-7-17(2)33-13-22)37-25(19)39(28(38)43)15-24(40)41/h3-13H,14-15H2,1-2H3,(H,35,42)(H,40,41)(H,34,36,37). The molecule has 1 aliphatic heterocycles. The Balaban J connectivity index is 1.43. The molecule has 0 bridgehead atoms. The Morgan fingerprint density at radius 3 is 2.47 bits per heavy atom. The fraction of sp³-hybridized carbons (Fsp3) is 0.172. The largest absolute Gasteiger partial charge is 0.480 e. The van der Waals surface area contributed by atoms with E-state index in [1.54, 1.807) is 37.4 Å². The summed E-state index contributed by atoms with van der Waals surface area (Å²) in [4.78, 5) is 53.5. The van der Waals surface area contributed by atoms with Crippen LogP contribution >= 0.6 is 0 Å². The third-order valence-corrected chi connectivity index (χ3v) is 6.56. The van der Waals surface area contributed by atoms with Gasteiger partial charge in [0.2, 0.25) is 5.95 Å². The number of carbonyl (C=O) groups is 3. The number of amides is 3. The maximum atomic E-state index is 13.7. The zero-order chi connectivity index (χ0) is 30.9. The van der Waals surface area contributed by atoms with Gasteiger partial charge in [-0.25, -0.2) is 9.78 Å². The second kappa shape index (κ2) is 11.4. The number of pyridine rings is 1. The number of urea groups is 1. The van der Waals surface area contributed by atoms with Gasteiger partial charge in [-0.05, 0) is 61.9 Å². The number of nitrogens with zero attached hydrogens (tertiary/aromatic N) is 5. The van der Waals surface area contributed by atoms with E-state index < -0.39 is 36.2 Å². The molecule has 1 aliphatic rings. The van der Waals surface area contributed by atoms with Gasteiger partial charge in [-0.15, -0.1) is 0 Å². The topological polar surface area (TPSA) is 141 Å². The molecule has 0 spiro atoms. The number of hydrogen-bond donors (Lipinski definition) is 3. The van der Waals surface area contributed by atoms with E-state index in [-0.39, 0.29) is 29.6 Å². The van der Waals surface area contributed by atoms with Gasteiger partial charge in [0.25, 0.3) is 5.91 Å². The monoisotopic (exact) mass is 591 g/mol. The molecule has 3 amide bonds. The molecule has 4 aromatic rings. The third kappa shape index (κ3) is 6.37. The lowest BCUT2D eigenvalue weighted by atomic mass is 10.1. The number of alkyl halides is 3. The van der Waals surface area contributed by atoms with E-state index >= 15 is 0 Å². The van der Waals surface area contributed by atoms with Crippen molar-refractivity contribution in [3.63, 3.8) is 0 Å². The zero-order valence-electron chi connectivity index (χ0n) is 22.8. The molecule has 14 heteroatoms. The highest BCUT2D eigenvalue weighted by Gasteiger charge is 2.35. The first kappa shape index (κ1) is 29.0. The molecule has 0 fully saturated rings. The number of hydrogen-bond acceptors (Lipinski definition) is 7. The summed E-state index contributed by atoms with van der Waals surface area (Å²) in [7, 11) is 0. The molecule has 0 atom stereocenters. The van der Waals surface area contributed by atoms with Crippen LogP contribution < -0.4 is 20.4 Å². The van der Waals surface area contributed by atoms with E-state index in [4.69, 9.17) is 0 Å². The van der Waals surface area contributed by atoms with E-state index in [0.717, 1.165) is 28.8 Å². The average Bonchev–Trinajstić information content (AvgIpc) is 2.96.